The Balaban J connectivity index is 2.07. The van der Waals surface area contributed by atoms with Gasteiger partial charge in [-0.3, -0.25) is 0 Å². The summed E-state index contributed by atoms with van der Waals surface area (Å²) < 4.78 is 5.49. The van der Waals surface area contributed by atoms with Crippen molar-refractivity contribution in [3.63, 3.8) is 0 Å². The third kappa shape index (κ3) is 1.91. The van der Waals surface area contributed by atoms with E-state index < -0.39 is 0 Å². The lowest BCUT2D eigenvalue weighted by molar-refractivity contribution is 0.463. The highest BCUT2D eigenvalue weighted by atomic mass is 16.3. The van der Waals surface area contributed by atoms with Crippen molar-refractivity contribution in [3.8, 4) is 0 Å². The van der Waals surface area contributed by atoms with Gasteiger partial charge in [-0.2, -0.15) is 0 Å². The van der Waals surface area contributed by atoms with Gasteiger partial charge in [0.1, 0.15) is 5.76 Å². The van der Waals surface area contributed by atoms with E-state index in [1.807, 2.05) is 19.2 Å². The minimum Gasteiger partial charge on any atom is -0.467 e. The molecule has 0 aliphatic carbocycles. The van der Waals surface area contributed by atoms with Crippen molar-refractivity contribution in [1.29, 1.82) is 0 Å². The molecule has 0 aliphatic heterocycles. The van der Waals surface area contributed by atoms with Crippen molar-refractivity contribution < 1.29 is 4.42 Å². The molecule has 2 nitrogen and oxygen atoms in total. The Labute approximate surface area is 106 Å². The summed E-state index contributed by atoms with van der Waals surface area (Å²) in [5, 5.41) is 5.80. The largest absolute Gasteiger partial charge is 0.467 e. The second-order valence-corrected chi connectivity index (χ2v) is 4.34. The zero-order chi connectivity index (χ0) is 12.4. The quantitative estimate of drug-likeness (QED) is 0.750. The lowest BCUT2D eigenvalue weighted by atomic mass is 10.0. The molecular weight excluding hydrogens is 222 g/mol. The standard InChI is InChI=1S/C16H15NO/c1-17-16(15-7-4-10-18-15)14-9-8-12-5-2-3-6-13(12)11-14/h2-11,16-17H,1H3. The van der Waals surface area contributed by atoms with Gasteiger partial charge in [-0.1, -0.05) is 36.4 Å². The van der Waals surface area contributed by atoms with E-state index in [9.17, 15) is 0 Å². The van der Waals surface area contributed by atoms with Crippen LogP contribution in [-0.4, -0.2) is 7.05 Å². The zero-order valence-electron chi connectivity index (χ0n) is 10.3. The molecule has 2 aromatic carbocycles. The molecule has 0 radical (unpaired) electrons. The number of hydrogen-bond donors (Lipinski definition) is 1. The summed E-state index contributed by atoms with van der Waals surface area (Å²) in [6, 6.07) is 18.9. The SMILES string of the molecule is CNC(c1ccc2ccccc2c1)c1ccco1. The van der Waals surface area contributed by atoms with Gasteiger partial charge in [0.15, 0.2) is 0 Å². The maximum Gasteiger partial charge on any atom is 0.125 e. The predicted molar refractivity (Wildman–Crippen MR) is 73.6 cm³/mol. The molecule has 3 rings (SSSR count). The molecule has 1 atom stereocenters. The summed E-state index contributed by atoms with van der Waals surface area (Å²) in [4.78, 5) is 0. The van der Waals surface area contributed by atoms with Crippen molar-refractivity contribution >= 4 is 10.8 Å². The number of nitrogens with one attached hydrogen (secondary N) is 1. The van der Waals surface area contributed by atoms with Crippen LogP contribution in [0, 0.1) is 0 Å². The molecule has 0 aliphatic rings. The molecule has 0 saturated carbocycles. The zero-order valence-corrected chi connectivity index (χ0v) is 10.3. The first kappa shape index (κ1) is 11.1. The van der Waals surface area contributed by atoms with E-state index in [2.05, 4.69) is 47.8 Å². The Bertz CT molecular complexity index is 643. The van der Waals surface area contributed by atoms with Crippen molar-refractivity contribution in [2.75, 3.05) is 7.05 Å². The summed E-state index contributed by atoms with van der Waals surface area (Å²) in [5.74, 6) is 0.938. The van der Waals surface area contributed by atoms with Gasteiger partial charge in [-0.15, -0.1) is 0 Å². The molecule has 0 spiro atoms. The minimum absolute atomic E-state index is 0.101. The Morgan fingerprint density at radius 1 is 0.944 bits per heavy atom. The van der Waals surface area contributed by atoms with Crippen LogP contribution in [0.1, 0.15) is 17.4 Å². The summed E-state index contributed by atoms with van der Waals surface area (Å²) in [7, 11) is 1.95. The minimum atomic E-state index is 0.101. The van der Waals surface area contributed by atoms with Gasteiger partial charge in [0, 0.05) is 0 Å². The van der Waals surface area contributed by atoms with Crippen LogP contribution in [0.4, 0.5) is 0 Å². The topological polar surface area (TPSA) is 25.2 Å². The second kappa shape index (κ2) is 4.67. The van der Waals surface area contributed by atoms with E-state index >= 15 is 0 Å². The van der Waals surface area contributed by atoms with E-state index in [-0.39, 0.29) is 6.04 Å². The number of benzene rings is 2. The van der Waals surface area contributed by atoms with Crippen LogP contribution >= 0.6 is 0 Å². The number of rotatable bonds is 3. The molecule has 18 heavy (non-hydrogen) atoms. The summed E-state index contributed by atoms with van der Waals surface area (Å²) in [5.41, 5.74) is 1.21. The number of furan rings is 1. The van der Waals surface area contributed by atoms with Crippen molar-refractivity contribution in [1.82, 2.24) is 5.32 Å². The van der Waals surface area contributed by atoms with Crippen molar-refractivity contribution in [2.24, 2.45) is 0 Å². The molecule has 1 N–H and O–H groups in total. The molecule has 2 heteroatoms. The Hall–Kier alpha value is -2.06. The monoisotopic (exact) mass is 237 g/mol. The van der Waals surface area contributed by atoms with Gasteiger partial charge < -0.3 is 9.73 Å². The highest BCUT2D eigenvalue weighted by Crippen LogP contribution is 2.25. The molecule has 90 valence electrons. The first-order valence-corrected chi connectivity index (χ1v) is 6.08. The predicted octanol–water partition coefficient (Wildman–Crippen LogP) is 3.74. The van der Waals surface area contributed by atoms with Crippen molar-refractivity contribution in [2.45, 2.75) is 6.04 Å². The Morgan fingerprint density at radius 2 is 1.78 bits per heavy atom. The van der Waals surface area contributed by atoms with Gasteiger partial charge in [-0.25, -0.2) is 0 Å². The molecule has 0 saturated heterocycles. The first-order chi connectivity index (χ1) is 8.88. The third-order valence-electron chi connectivity index (χ3n) is 3.22. The lowest BCUT2D eigenvalue weighted by Crippen LogP contribution is -2.16. The Morgan fingerprint density at radius 3 is 2.50 bits per heavy atom. The van der Waals surface area contributed by atoms with Crippen LogP contribution in [0.3, 0.4) is 0 Å². The fraction of sp³-hybridized carbons (Fsp3) is 0.125. The van der Waals surface area contributed by atoms with Gasteiger partial charge in [0.25, 0.3) is 0 Å². The van der Waals surface area contributed by atoms with Gasteiger partial charge >= 0.3 is 0 Å². The van der Waals surface area contributed by atoms with E-state index in [0.717, 1.165) is 5.76 Å². The maximum atomic E-state index is 5.49. The fourth-order valence-corrected chi connectivity index (χ4v) is 2.32. The summed E-state index contributed by atoms with van der Waals surface area (Å²) in [6.45, 7) is 0. The molecule has 3 aromatic rings. The van der Waals surface area contributed by atoms with Crippen LogP contribution in [0.15, 0.2) is 65.3 Å². The normalized spacial score (nSPS) is 12.7. The van der Waals surface area contributed by atoms with Gasteiger partial charge in [0.05, 0.1) is 12.3 Å². The van der Waals surface area contributed by atoms with Crippen LogP contribution in [0.5, 0.6) is 0 Å². The molecule has 1 heterocycles. The molecule has 0 fully saturated rings. The van der Waals surface area contributed by atoms with Crippen molar-refractivity contribution in [3.05, 3.63) is 72.2 Å². The summed E-state index contributed by atoms with van der Waals surface area (Å²) >= 11 is 0. The number of hydrogen-bond acceptors (Lipinski definition) is 2. The molecule has 1 unspecified atom stereocenters. The van der Waals surface area contributed by atoms with E-state index in [4.69, 9.17) is 4.42 Å². The smallest absolute Gasteiger partial charge is 0.125 e. The summed E-state index contributed by atoms with van der Waals surface area (Å²) in [6.07, 6.45) is 1.71. The van der Waals surface area contributed by atoms with Crippen LogP contribution < -0.4 is 5.32 Å². The van der Waals surface area contributed by atoms with E-state index in [1.165, 1.54) is 16.3 Å². The first-order valence-electron chi connectivity index (χ1n) is 6.08. The molecule has 0 amide bonds. The highest BCUT2D eigenvalue weighted by molar-refractivity contribution is 5.83. The van der Waals surface area contributed by atoms with Crippen LogP contribution in [-0.2, 0) is 0 Å². The average molecular weight is 237 g/mol. The van der Waals surface area contributed by atoms with Crippen LogP contribution in [0.2, 0.25) is 0 Å². The third-order valence-corrected chi connectivity index (χ3v) is 3.22. The molecule has 0 bridgehead atoms. The lowest BCUT2D eigenvalue weighted by Gasteiger charge is -2.14. The molecule has 1 aromatic heterocycles. The average Bonchev–Trinajstić information content (AvgIpc) is 2.93. The van der Waals surface area contributed by atoms with Gasteiger partial charge in [0.2, 0.25) is 0 Å². The van der Waals surface area contributed by atoms with Crippen LogP contribution in [0.25, 0.3) is 10.8 Å². The second-order valence-electron chi connectivity index (χ2n) is 4.34. The Kier molecular flexibility index (Phi) is 2.87. The number of fused-ring (bicyclic) bond motifs is 1. The van der Waals surface area contributed by atoms with Gasteiger partial charge in [-0.05, 0) is 41.6 Å². The maximum absolute atomic E-state index is 5.49. The fourth-order valence-electron chi connectivity index (χ4n) is 2.32. The molecular formula is C16H15NO. The van der Waals surface area contributed by atoms with E-state index in [0.29, 0.717) is 0 Å². The highest BCUT2D eigenvalue weighted by Gasteiger charge is 2.14. The van der Waals surface area contributed by atoms with E-state index in [1.54, 1.807) is 6.26 Å².